The van der Waals surface area contributed by atoms with Gasteiger partial charge in [0.15, 0.2) is 0 Å². The second-order valence-corrected chi connectivity index (χ2v) is 17.3. The van der Waals surface area contributed by atoms with E-state index in [9.17, 15) is 19.2 Å². The molecule has 5 heterocycles. The van der Waals surface area contributed by atoms with Crippen molar-refractivity contribution >= 4 is 67.4 Å². The number of fused-ring (bicyclic) bond motifs is 6. The van der Waals surface area contributed by atoms with Crippen LogP contribution >= 0.6 is 12.4 Å². The van der Waals surface area contributed by atoms with Gasteiger partial charge in [0, 0.05) is 0 Å². The van der Waals surface area contributed by atoms with Gasteiger partial charge in [0.25, 0.3) is 0 Å². The molecule has 5 rings (SSSR count). The molecule has 0 aromatic carbocycles. The second kappa shape index (κ2) is 3.97. The fourth-order valence-corrected chi connectivity index (χ4v) is 11.2. The van der Waals surface area contributed by atoms with E-state index in [1.807, 2.05) is 0 Å². The monoisotopic (exact) mass is 514 g/mol. The van der Waals surface area contributed by atoms with Crippen molar-refractivity contribution in [3.63, 3.8) is 0 Å². The fourth-order valence-electron chi connectivity index (χ4n) is 2.68. The predicted molar refractivity (Wildman–Crippen MR) is 69.2 cm³/mol. The molecule has 5 aliphatic heterocycles. The van der Waals surface area contributed by atoms with Gasteiger partial charge in [-0.25, -0.2) is 0 Å². The summed E-state index contributed by atoms with van der Waals surface area (Å²) >= 11 is 4.61. The van der Waals surface area contributed by atoms with E-state index < -0.39 is 60.7 Å². The van der Waals surface area contributed by atoms with E-state index >= 15 is 0 Å². The average molecular weight is 512 g/mol. The first kappa shape index (κ1) is 15.8. The van der Waals surface area contributed by atoms with Crippen molar-refractivity contribution in [2.75, 3.05) is 0 Å². The third-order valence-corrected chi connectivity index (χ3v) is 11.8. The topological polar surface area (TPSA) is 142 Å². The molecule has 4 unspecified atom stereocenters. The van der Waals surface area contributed by atoms with Crippen LogP contribution in [-0.2, 0) is 55.4 Å². The van der Waals surface area contributed by atoms with Crippen LogP contribution in [0.15, 0.2) is 0 Å². The molecule has 16 heteroatoms. The maximum absolute atomic E-state index is 12.1. The zero-order valence-corrected chi connectivity index (χ0v) is 16.1. The Morgan fingerprint density at radius 1 is 0.542 bits per heavy atom. The number of hydrogen-bond acceptors (Lipinski definition) is 12. The summed E-state index contributed by atoms with van der Waals surface area (Å²) in [4.78, 5) is 48.6. The number of carbonyl (C=O) groups excluding carboxylic acids is 4. The van der Waals surface area contributed by atoms with Crippen LogP contribution in [0.3, 0.4) is 0 Å². The van der Waals surface area contributed by atoms with Crippen LogP contribution < -0.4 is 0 Å². The van der Waals surface area contributed by atoms with Crippen LogP contribution in [-0.4, -0.2) is 79.4 Å². The van der Waals surface area contributed by atoms with Gasteiger partial charge in [-0.05, 0) is 0 Å². The van der Waals surface area contributed by atoms with Gasteiger partial charge < -0.3 is 0 Å². The number of carbonyl (C=O) groups is 4. The first-order chi connectivity index (χ1) is 11.0. The van der Waals surface area contributed by atoms with Gasteiger partial charge in [0.05, 0.1) is 0 Å². The van der Waals surface area contributed by atoms with Crippen molar-refractivity contribution in [1.29, 1.82) is 0 Å². The summed E-state index contributed by atoms with van der Waals surface area (Å²) in [7, 11) is 0. The van der Waals surface area contributed by atoms with Crippen LogP contribution in [0.2, 0.25) is 0 Å². The van der Waals surface area contributed by atoms with Gasteiger partial charge >= 0.3 is 147 Å². The van der Waals surface area contributed by atoms with Crippen molar-refractivity contribution in [2.45, 2.75) is 24.4 Å². The van der Waals surface area contributed by atoms with Gasteiger partial charge in [0.1, 0.15) is 0 Å². The molecule has 6 bridgehead atoms. The summed E-state index contributed by atoms with van der Waals surface area (Å²) in [5, 5.41) is 0. The normalized spacial score (nSPS) is 47.9. The fraction of sp³-hybridized carbons (Fsp3) is 0.500. The van der Waals surface area contributed by atoms with E-state index in [1.54, 1.807) is 0 Å². The molecule has 0 aromatic heterocycles. The number of hydrogen-bond donors (Lipinski definition) is 0. The van der Waals surface area contributed by atoms with Gasteiger partial charge in [-0.3, -0.25) is 0 Å². The van der Waals surface area contributed by atoms with Crippen molar-refractivity contribution < 1.29 is 55.4 Å². The Morgan fingerprint density at radius 2 is 0.750 bits per heavy atom. The minimum atomic E-state index is -4.80. The van der Waals surface area contributed by atoms with E-state index in [0.717, 1.165) is 0 Å². The summed E-state index contributed by atoms with van der Waals surface area (Å²) in [6.45, 7) is 0. The Hall–Kier alpha value is -0.381. The first-order valence-electron chi connectivity index (χ1n) is 6.22. The SMILES string of the molecule is O=C1OP23([Se-])OC(=O)C(O2)C2OP4([Se-])(OC(=O)C(O4)C1O3)OC2=O. The molecular weight excluding hydrogens is 508 g/mol. The zero-order chi connectivity index (χ0) is 17.2. The molecule has 5 aliphatic rings. The molecule has 0 amide bonds. The molecule has 0 aliphatic carbocycles. The Morgan fingerprint density at radius 3 is 0.958 bits per heavy atom. The van der Waals surface area contributed by atoms with Gasteiger partial charge in [-0.2, -0.15) is 0 Å². The predicted octanol–water partition coefficient (Wildman–Crippen LogP) is -1.64. The van der Waals surface area contributed by atoms with Gasteiger partial charge in [0.2, 0.25) is 0 Å². The Balaban J connectivity index is 1.72. The molecule has 0 N–H and O–H groups in total. The van der Waals surface area contributed by atoms with Crippen LogP contribution in [0, 0.1) is 0 Å². The molecule has 132 valence electrons. The minimum absolute atomic E-state index is 1.07. The number of rotatable bonds is 0. The van der Waals surface area contributed by atoms with E-state index in [4.69, 9.17) is 36.2 Å². The van der Waals surface area contributed by atoms with E-state index in [0.29, 0.717) is 0 Å². The molecular formula is C8H4O12P2Se2-2. The zero-order valence-electron chi connectivity index (χ0n) is 10.9. The third-order valence-electron chi connectivity index (χ3n) is 3.58. The van der Waals surface area contributed by atoms with Crippen molar-refractivity contribution in [1.82, 2.24) is 0 Å². The summed E-state index contributed by atoms with van der Waals surface area (Å²) < 4.78 is 41.6. The van der Waals surface area contributed by atoms with Gasteiger partial charge in [-0.1, -0.05) is 0 Å². The molecule has 0 saturated carbocycles. The average Bonchev–Trinajstić information content (AvgIpc) is 3.04. The summed E-state index contributed by atoms with van der Waals surface area (Å²) in [5.41, 5.74) is 0. The quantitative estimate of drug-likeness (QED) is 0.272. The molecule has 2 spiro atoms. The summed E-state index contributed by atoms with van der Waals surface area (Å²) in [6, 6.07) is 0. The third kappa shape index (κ3) is 1.79. The molecule has 4 atom stereocenters. The standard InChI is InChI=1S/C8H4O12P2Se2/c9-5-1-2-6(10)18-22(24,14-2)16-4(8(12)20-22)3-7(11)19-21(23,13-1,15-3)17-5/h1-4H/q-2. The Kier molecular flexibility index (Phi) is 2.62. The molecule has 24 heavy (non-hydrogen) atoms. The summed E-state index contributed by atoms with van der Waals surface area (Å²) in [5.74, 6) is -4.28. The van der Waals surface area contributed by atoms with E-state index in [1.165, 1.54) is 0 Å². The van der Waals surface area contributed by atoms with Gasteiger partial charge in [-0.15, -0.1) is 0 Å². The van der Waals surface area contributed by atoms with E-state index in [-0.39, 0.29) is 0 Å². The van der Waals surface area contributed by atoms with Crippen LogP contribution in [0.5, 0.6) is 0 Å². The van der Waals surface area contributed by atoms with Crippen LogP contribution in [0.1, 0.15) is 0 Å². The summed E-state index contributed by atoms with van der Waals surface area (Å²) in [6.07, 6.45) is -16.3. The molecule has 0 radical (unpaired) electrons. The first-order valence-corrected chi connectivity index (χ1v) is 14.5. The van der Waals surface area contributed by atoms with E-state index in [2.05, 4.69) is 31.1 Å². The van der Waals surface area contributed by atoms with Crippen molar-refractivity contribution in [3.05, 3.63) is 0 Å². The van der Waals surface area contributed by atoms with Crippen molar-refractivity contribution in [3.8, 4) is 0 Å². The molecule has 0 aromatic rings. The molecule has 5 fully saturated rings. The Bertz CT molecular complexity index is 659. The van der Waals surface area contributed by atoms with Crippen LogP contribution in [0.4, 0.5) is 0 Å². The molecule has 12 nitrogen and oxygen atoms in total. The maximum atomic E-state index is 12.1. The second-order valence-electron chi connectivity index (χ2n) is 5.24. The van der Waals surface area contributed by atoms with Crippen LogP contribution in [0.25, 0.3) is 0 Å². The Labute approximate surface area is 147 Å². The molecule has 5 saturated heterocycles. The van der Waals surface area contributed by atoms with Crippen molar-refractivity contribution in [2.24, 2.45) is 0 Å².